The minimum Gasteiger partial charge on any atom is -0.356 e. The third kappa shape index (κ3) is 5.55. The summed E-state index contributed by atoms with van der Waals surface area (Å²) in [5.41, 5.74) is 1.60. The van der Waals surface area contributed by atoms with Gasteiger partial charge in [0, 0.05) is 33.2 Å². The first-order valence-corrected chi connectivity index (χ1v) is 11.2. The number of nitrogens with one attached hydrogen (secondary N) is 2. The van der Waals surface area contributed by atoms with Crippen molar-refractivity contribution in [2.24, 2.45) is 4.99 Å². The van der Waals surface area contributed by atoms with Gasteiger partial charge in [0.2, 0.25) is 10.0 Å². The van der Waals surface area contributed by atoms with Crippen LogP contribution in [0, 0.1) is 5.82 Å². The van der Waals surface area contributed by atoms with E-state index in [1.54, 1.807) is 35.6 Å². The molecule has 1 fully saturated rings. The van der Waals surface area contributed by atoms with E-state index in [0.717, 1.165) is 18.4 Å². The van der Waals surface area contributed by atoms with Gasteiger partial charge in [-0.05, 0) is 48.6 Å². The zero-order chi connectivity index (χ0) is 20.7. The van der Waals surface area contributed by atoms with Crippen molar-refractivity contribution in [3.8, 4) is 0 Å². The topological polar surface area (TPSA) is 73.8 Å². The van der Waals surface area contributed by atoms with Crippen LogP contribution in [0.4, 0.5) is 4.39 Å². The van der Waals surface area contributed by atoms with E-state index < -0.39 is 10.0 Å². The highest BCUT2D eigenvalue weighted by molar-refractivity contribution is 7.89. The van der Waals surface area contributed by atoms with Gasteiger partial charge in [0.1, 0.15) is 5.82 Å². The molecule has 1 saturated heterocycles. The standard InChI is InChI=1S/C21H27FN4O2S/c1-23-21(24-13-12-18-6-2-3-7-20(18)22)25-16-17-8-10-19(11-9-17)29(27,28)26-14-4-5-15-26/h2-3,6-11H,4-5,12-16H2,1H3,(H2,23,24,25). The summed E-state index contributed by atoms with van der Waals surface area (Å²) in [6, 6.07) is 13.6. The average molecular weight is 419 g/mol. The summed E-state index contributed by atoms with van der Waals surface area (Å²) in [4.78, 5) is 4.49. The second kappa shape index (κ2) is 9.84. The van der Waals surface area contributed by atoms with Crippen molar-refractivity contribution in [3.63, 3.8) is 0 Å². The molecule has 0 bridgehead atoms. The fraction of sp³-hybridized carbons (Fsp3) is 0.381. The third-order valence-corrected chi connectivity index (χ3v) is 6.87. The van der Waals surface area contributed by atoms with E-state index in [0.29, 0.717) is 49.0 Å². The molecule has 2 N–H and O–H groups in total. The van der Waals surface area contributed by atoms with Crippen LogP contribution in [0.2, 0.25) is 0 Å². The van der Waals surface area contributed by atoms with E-state index >= 15 is 0 Å². The number of aliphatic imine (C=N–C) groups is 1. The van der Waals surface area contributed by atoms with Crippen LogP contribution in [0.25, 0.3) is 0 Å². The minimum atomic E-state index is -3.39. The molecule has 1 aliphatic heterocycles. The summed E-state index contributed by atoms with van der Waals surface area (Å²) in [5, 5.41) is 6.34. The molecule has 29 heavy (non-hydrogen) atoms. The van der Waals surface area contributed by atoms with Crippen LogP contribution in [0.1, 0.15) is 24.0 Å². The lowest BCUT2D eigenvalue weighted by molar-refractivity contribution is 0.477. The van der Waals surface area contributed by atoms with Crippen molar-refractivity contribution in [1.29, 1.82) is 0 Å². The molecule has 0 aliphatic carbocycles. The summed E-state index contributed by atoms with van der Waals surface area (Å²) >= 11 is 0. The fourth-order valence-corrected chi connectivity index (χ4v) is 4.80. The molecule has 156 valence electrons. The summed E-state index contributed by atoms with van der Waals surface area (Å²) in [6.07, 6.45) is 2.39. The highest BCUT2D eigenvalue weighted by Crippen LogP contribution is 2.21. The van der Waals surface area contributed by atoms with Crippen LogP contribution in [0.3, 0.4) is 0 Å². The highest BCUT2D eigenvalue weighted by atomic mass is 32.2. The van der Waals surface area contributed by atoms with Crippen molar-refractivity contribution in [1.82, 2.24) is 14.9 Å². The van der Waals surface area contributed by atoms with Crippen LogP contribution in [0.15, 0.2) is 58.4 Å². The Labute approximate surface area is 171 Å². The van der Waals surface area contributed by atoms with Gasteiger partial charge < -0.3 is 10.6 Å². The van der Waals surface area contributed by atoms with Crippen molar-refractivity contribution in [3.05, 3.63) is 65.5 Å². The molecule has 1 aliphatic rings. The van der Waals surface area contributed by atoms with Crippen molar-refractivity contribution in [2.75, 3.05) is 26.7 Å². The zero-order valence-corrected chi connectivity index (χ0v) is 17.4. The van der Waals surface area contributed by atoms with Gasteiger partial charge in [-0.15, -0.1) is 0 Å². The molecule has 8 heteroatoms. The normalized spacial score (nSPS) is 15.4. The van der Waals surface area contributed by atoms with Crippen molar-refractivity contribution < 1.29 is 12.8 Å². The van der Waals surface area contributed by atoms with Crippen LogP contribution in [-0.2, 0) is 23.0 Å². The quantitative estimate of drug-likeness (QED) is 0.535. The van der Waals surface area contributed by atoms with Gasteiger partial charge in [0.25, 0.3) is 0 Å². The average Bonchev–Trinajstić information content (AvgIpc) is 3.28. The molecule has 2 aromatic rings. The van der Waals surface area contributed by atoms with E-state index in [1.165, 1.54) is 6.07 Å². The zero-order valence-electron chi connectivity index (χ0n) is 16.6. The molecule has 0 amide bonds. The molecular formula is C21H27FN4O2S. The van der Waals surface area contributed by atoms with E-state index in [9.17, 15) is 12.8 Å². The van der Waals surface area contributed by atoms with Crippen LogP contribution >= 0.6 is 0 Å². The molecule has 0 aromatic heterocycles. The Morgan fingerprint density at radius 3 is 2.41 bits per heavy atom. The summed E-state index contributed by atoms with van der Waals surface area (Å²) in [7, 11) is -1.72. The van der Waals surface area contributed by atoms with Crippen LogP contribution in [0.5, 0.6) is 0 Å². The van der Waals surface area contributed by atoms with E-state index in [2.05, 4.69) is 15.6 Å². The largest absolute Gasteiger partial charge is 0.356 e. The number of guanidine groups is 1. The first-order chi connectivity index (χ1) is 14.0. The molecule has 1 heterocycles. The van der Waals surface area contributed by atoms with Gasteiger partial charge >= 0.3 is 0 Å². The molecule has 0 spiro atoms. The monoisotopic (exact) mass is 418 g/mol. The van der Waals surface area contributed by atoms with Gasteiger partial charge in [-0.3, -0.25) is 4.99 Å². The molecular weight excluding hydrogens is 391 g/mol. The Kier molecular flexibility index (Phi) is 7.22. The number of hydrogen-bond acceptors (Lipinski definition) is 3. The van der Waals surface area contributed by atoms with Crippen LogP contribution in [-0.4, -0.2) is 45.4 Å². The molecule has 0 atom stereocenters. The Morgan fingerprint density at radius 2 is 1.76 bits per heavy atom. The Bertz CT molecular complexity index is 939. The fourth-order valence-electron chi connectivity index (χ4n) is 3.28. The highest BCUT2D eigenvalue weighted by Gasteiger charge is 2.26. The molecule has 2 aromatic carbocycles. The molecule has 6 nitrogen and oxygen atoms in total. The van der Waals surface area contributed by atoms with Gasteiger partial charge in [-0.1, -0.05) is 30.3 Å². The molecule has 0 radical (unpaired) electrons. The first kappa shape index (κ1) is 21.3. The predicted octanol–water partition coefficient (Wildman–Crippen LogP) is 2.52. The summed E-state index contributed by atoms with van der Waals surface area (Å²) < 4.78 is 40.3. The first-order valence-electron chi connectivity index (χ1n) is 9.78. The lowest BCUT2D eigenvalue weighted by Gasteiger charge is -2.16. The second-order valence-electron chi connectivity index (χ2n) is 6.95. The SMILES string of the molecule is CN=C(NCCc1ccccc1F)NCc1ccc(S(=O)(=O)N2CCCC2)cc1. The number of halogens is 1. The van der Waals surface area contributed by atoms with E-state index in [4.69, 9.17) is 0 Å². The van der Waals surface area contributed by atoms with E-state index in [-0.39, 0.29) is 5.82 Å². The van der Waals surface area contributed by atoms with Gasteiger partial charge in [0.15, 0.2) is 5.96 Å². The minimum absolute atomic E-state index is 0.207. The number of nitrogens with zero attached hydrogens (tertiary/aromatic N) is 2. The maximum Gasteiger partial charge on any atom is 0.243 e. The number of sulfonamides is 1. The van der Waals surface area contributed by atoms with Gasteiger partial charge in [-0.25, -0.2) is 12.8 Å². The smallest absolute Gasteiger partial charge is 0.243 e. The molecule has 0 saturated carbocycles. The van der Waals surface area contributed by atoms with Crippen LogP contribution < -0.4 is 10.6 Å². The lowest BCUT2D eigenvalue weighted by Crippen LogP contribution is -2.37. The number of benzene rings is 2. The molecule has 3 rings (SSSR count). The van der Waals surface area contributed by atoms with Crippen molar-refractivity contribution >= 4 is 16.0 Å². The Balaban J connectivity index is 1.50. The lowest BCUT2D eigenvalue weighted by atomic mass is 10.1. The predicted molar refractivity (Wildman–Crippen MR) is 113 cm³/mol. The maximum absolute atomic E-state index is 13.7. The molecule has 0 unspecified atom stereocenters. The Hall–Kier alpha value is -2.45. The summed E-state index contributed by atoms with van der Waals surface area (Å²) in [6.45, 7) is 2.25. The maximum atomic E-state index is 13.7. The van der Waals surface area contributed by atoms with Gasteiger partial charge in [0.05, 0.1) is 4.90 Å². The van der Waals surface area contributed by atoms with Crippen molar-refractivity contribution in [2.45, 2.75) is 30.7 Å². The van der Waals surface area contributed by atoms with Gasteiger partial charge in [-0.2, -0.15) is 4.31 Å². The van der Waals surface area contributed by atoms with E-state index in [1.807, 2.05) is 18.2 Å². The summed E-state index contributed by atoms with van der Waals surface area (Å²) in [5.74, 6) is 0.399. The Morgan fingerprint density at radius 1 is 1.07 bits per heavy atom. The second-order valence-corrected chi connectivity index (χ2v) is 8.89. The number of hydrogen-bond donors (Lipinski definition) is 2. The number of rotatable bonds is 7. The third-order valence-electron chi connectivity index (χ3n) is 4.95.